The van der Waals surface area contributed by atoms with Gasteiger partial charge >= 0.3 is 0 Å². The first-order chi connectivity index (χ1) is 24.5. The summed E-state index contributed by atoms with van der Waals surface area (Å²) in [6.45, 7) is 6.76. The van der Waals surface area contributed by atoms with Gasteiger partial charge in [-0.1, -0.05) is 111 Å². The van der Waals surface area contributed by atoms with Crippen LogP contribution in [-0.2, 0) is 10.4 Å². The number of aromatic nitrogens is 2. The minimum atomic E-state index is -0.319. The van der Waals surface area contributed by atoms with Gasteiger partial charge in [0.05, 0.1) is 33.8 Å². The Kier molecular flexibility index (Phi) is 7.04. The van der Waals surface area contributed by atoms with Crippen LogP contribution in [0, 0.1) is 6.92 Å². The van der Waals surface area contributed by atoms with E-state index in [0.717, 1.165) is 45.2 Å². The zero-order valence-corrected chi connectivity index (χ0v) is 28.3. The lowest BCUT2D eigenvalue weighted by Gasteiger charge is -2.28. The van der Waals surface area contributed by atoms with Crippen molar-refractivity contribution in [2.75, 3.05) is 10.1 Å². The summed E-state index contributed by atoms with van der Waals surface area (Å²) in [5.74, 6) is 0.904. The molecular formula is C45H36N4O. The van der Waals surface area contributed by atoms with Crippen molar-refractivity contribution in [2.45, 2.75) is 26.2 Å². The fourth-order valence-corrected chi connectivity index (χ4v) is 7.31. The molecule has 1 aliphatic rings. The lowest BCUT2D eigenvalue weighted by molar-refractivity contribution is 0.156. The Morgan fingerprint density at radius 1 is 0.540 bits per heavy atom. The van der Waals surface area contributed by atoms with Crippen molar-refractivity contribution in [1.29, 1.82) is 0 Å². The number of nitrogens with zero attached hydrogens (tertiary/aromatic N) is 4. The summed E-state index contributed by atoms with van der Waals surface area (Å²) in [7, 11) is 0. The molecule has 0 atom stereocenters. The van der Waals surface area contributed by atoms with Crippen LogP contribution in [0.1, 0.15) is 30.5 Å². The minimum absolute atomic E-state index is 0.319. The van der Waals surface area contributed by atoms with Crippen LogP contribution < -0.4 is 10.1 Å². The van der Waals surface area contributed by atoms with Gasteiger partial charge in [-0.2, -0.15) is 10.1 Å². The van der Waals surface area contributed by atoms with Crippen LogP contribution in [0.15, 0.2) is 164 Å². The Labute approximate surface area is 292 Å². The molecule has 8 aromatic rings. The average molecular weight is 649 g/mol. The van der Waals surface area contributed by atoms with Gasteiger partial charge in [-0.3, -0.25) is 4.57 Å². The van der Waals surface area contributed by atoms with Gasteiger partial charge < -0.3 is 0 Å². The number of rotatable bonds is 6. The summed E-state index contributed by atoms with van der Waals surface area (Å²) in [5, 5.41) is 6.24. The molecule has 9 rings (SSSR count). The molecule has 0 saturated carbocycles. The molecule has 0 N–H and O–H groups in total. The Bertz CT molecular complexity index is 2530. The molecule has 1 aliphatic heterocycles. The van der Waals surface area contributed by atoms with E-state index < -0.39 is 0 Å². The highest BCUT2D eigenvalue weighted by atomic mass is 16.8. The monoisotopic (exact) mass is 648 g/mol. The Morgan fingerprint density at radius 2 is 1.20 bits per heavy atom. The Morgan fingerprint density at radius 3 is 2.02 bits per heavy atom. The predicted octanol–water partition coefficient (Wildman–Crippen LogP) is 11.6. The van der Waals surface area contributed by atoms with E-state index in [-0.39, 0.29) is 5.41 Å². The second-order valence-electron chi connectivity index (χ2n) is 13.5. The smallest absolute Gasteiger partial charge is 0.138 e. The SMILES string of the molecule is Cc1ccccc1-c1ccnc(-n2c3ccccc3c3ccc(C(C)(C)c4cccc(N5ON(c6ccccc6)c6ccccc65)c4)cc32)c1. The Balaban J connectivity index is 1.14. The van der Waals surface area contributed by atoms with Crippen molar-refractivity contribution in [1.82, 2.24) is 9.55 Å². The number of hydrogen-bond donors (Lipinski definition) is 0. The second-order valence-corrected chi connectivity index (χ2v) is 13.5. The molecule has 0 spiro atoms. The van der Waals surface area contributed by atoms with E-state index in [9.17, 15) is 0 Å². The van der Waals surface area contributed by atoms with Gasteiger partial charge in [-0.15, -0.1) is 4.94 Å². The van der Waals surface area contributed by atoms with Crippen LogP contribution in [0.25, 0.3) is 38.8 Å². The number of hydrogen-bond acceptors (Lipinski definition) is 4. The molecule has 242 valence electrons. The van der Waals surface area contributed by atoms with Crippen LogP contribution in [0.3, 0.4) is 0 Å². The van der Waals surface area contributed by atoms with E-state index in [4.69, 9.17) is 9.92 Å². The molecule has 0 aliphatic carbocycles. The van der Waals surface area contributed by atoms with Crippen molar-refractivity contribution in [3.63, 3.8) is 0 Å². The summed E-state index contributed by atoms with van der Waals surface area (Å²) in [6, 6.07) is 55.6. The van der Waals surface area contributed by atoms with Crippen molar-refractivity contribution < 1.29 is 4.94 Å². The molecule has 50 heavy (non-hydrogen) atoms. The van der Waals surface area contributed by atoms with Crippen molar-refractivity contribution in [2.24, 2.45) is 0 Å². The van der Waals surface area contributed by atoms with Crippen LogP contribution in [0.2, 0.25) is 0 Å². The quantitative estimate of drug-likeness (QED) is 0.180. The molecule has 0 unspecified atom stereocenters. The van der Waals surface area contributed by atoms with Gasteiger partial charge in [-0.25, -0.2) is 4.98 Å². The summed E-state index contributed by atoms with van der Waals surface area (Å²) in [5.41, 5.74) is 11.9. The molecule has 0 fully saturated rings. The van der Waals surface area contributed by atoms with Crippen molar-refractivity contribution in [3.8, 4) is 16.9 Å². The van der Waals surface area contributed by atoms with Crippen molar-refractivity contribution in [3.05, 3.63) is 181 Å². The molecule has 0 amide bonds. The summed E-state index contributed by atoms with van der Waals surface area (Å²) in [6.07, 6.45) is 1.93. The second kappa shape index (κ2) is 11.8. The van der Waals surface area contributed by atoms with Crippen molar-refractivity contribution >= 4 is 44.6 Å². The van der Waals surface area contributed by atoms with Gasteiger partial charge in [-0.05, 0) is 95.4 Å². The zero-order chi connectivity index (χ0) is 33.8. The van der Waals surface area contributed by atoms with Crippen LogP contribution in [0.4, 0.5) is 22.7 Å². The molecule has 0 bridgehead atoms. The first-order valence-corrected chi connectivity index (χ1v) is 17.1. The van der Waals surface area contributed by atoms with E-state index in [2.05, 4.69) is 159 Å². The maximum absolute atomic E-state index is 6.54. The zero-order valence-electron chi connectivity index (χ0n) is 28.3. The minimum Gasteiger partial charge on any atom is -0.294 e. The molecule has 5 nitrogen and oxygen atoms in total. The molecule has 2 aromatic heterocycles. The first kappa shape index (κ1) is 29.9. The van der Waals surface area contributed by atoms with E-state index in [0.29, 0.717) is 0 Å². The average Bonchev–Trinajstić information content (AvgIpc) is 3.72. The van der Waals surface area contributed by atoms with Gasteiger partial charge in [0.25, 0.3) is 0 Å². The maximum atomic E-state index is 6.54. The molecule has 3 heterocycles. The molecule has 6 aromatic carbocycles. The summed E-state index contributed by atoms with van der Waals surface area (Å²) in [4.78, 5) is 11.5. The fraction of sp³-hybridized carbons (Fsp3) is 0.0889. The number of aryl methyl sites for hydroxylation is 1. The van der Waals surface area contributed by atoms with Gasteiger partial charge in [0, 0.05) is 22.4 Å². The fourth-order valence-electron chi connectivity index (χ4n) is 7.31. The van der Waals surface area contributed by atoms with E-state index in [1.807, 2.05) is 40.6 Å². The normalized spacial score (nSPS) is 12.9. The van der Waals surface area contributed by atoms with Crippen LogP contribution in [0.5, 0.6) is 0 Å². The van der Waals surface area contributed by atoms with Gasteiger partial charge in [0.1, 0.15) is 5.82 Å². The lowest BCUT2D eigenvalue weighted by atomic mass is 9.77. The molecular weight excluding hydrogens is 613 g/mol. The molecule has 0 saturated heterocycles. The standard InChI is InChI=1S/C45H36N4O/c1-31-14-7-8-19-37(31)32-26-27-46-44(28-32)47-40-21-10-9-20-38(40)39-25-24-34(30-43(39)47)45(2,3)33-15-13-18-36(29-33)49-42-23-12-11-22-41(42)48(50-49)35-16-5-4-6-17-35/h4-30H,1-3H3. The highest BCUT2D eigenvalue weighted by Crippen LogP contribution is 2.46. The highest BCUT2D eigenvalue weighted by Gasteiger charge is 2.32. The number of anilines is 4. The van der Waals surface area contributed by atoms with E-state index in [1.165, 1.54) is 33.0 Å². The van der Waals surface area contributed by atoms with E-state index >= 15 is 0 Å². The molecule has 0 radical (unpaired) electrons. The third-order valence-electron chi connectivity index (χ3n) is 10.1. The molecule has 5 heteroatoms. The maximum Gasteiger partial charge on any atom is 0.138 e. The number of fused-ring (bicyclic) bond motifs is 4. The number of pyridine rings is 1. The summed E-state index contributed by atoms with van der Waals surface area (Å²) < 4.78 is 2.32. The van der Waals surface area contributed by atoms with E-state index in [1.54, 1.807) is 0 Å². The van der Waals surface area contributed by atoms with Gasteiger partial charge in [0.2, 0.25) is 0 Å². The summed E-state index contributed by atoms with van der Waals surface area (Å²) >= 11 is 0. The topological polar surface area (TPSA) is 33.5 Å². The number of benzene rings is 6. The predicted molar refractivity (Wildman–Crippen MR) is 206 cm³/mol. The number of para-hydroxylation sites is 4. The third kappa shape index (κ3) is 4.86. The largest absolute Gasteiger partial charge is 0.294 e. The van der Waals surface area contributed by atoms with Gasteiger partial charge in [0.15, 0.2) is 0 Å². The third-order valence-corrected chi connectivity index (χ3v) is 10.1. The van der Waals surface area contributed by atoms with Crippen LogP contribution in [-0.4, -0.2) is 9.55 Å². The lowest BCUT2D eigenvalue weighted by Crippen LogP contribution is -2.22. The Hall–Kier alpha value is -6.17. The first-order valence-electron chi connectivity index (χ1n) is 17.1. The highest BCUT2D eigenvalue weighted by molar-refractivity contribution is 6.09. The van der Waals surface area contributed by atoms with Crippen LogP contribution >= 0.6 is 0 Å².